The Hall–Kier alpha value is -2.04. The summed E-state index contributed by atoms with van der Waals surface area (Å²) in [5.74, 6) is 0.819. The van der Waals surface area contributed by atoms with Gasteiger partial charge in [0.2, 0.25) is 11.8 Å². The molecule has 1 heterocycles. The molecule has 1 saturated heterocycles. The first kappa shape index (κ1) is 16.3. The minimum Gasteiger partial charge on any atom is -0.497 e. The van der Waals surface area contributed by atoms with Gasteiger partial charge >= 0.3 is 0 Å². The van der Waals surface area contributed by atoms with E-state index in [0.717, 1.165) is 43.7 Å². The van der Waals surface area contributed by atoms with E-state index < -0.39 is 0 Å². The summed E-state index contributed by atoms with van der Waals surface area (Å²) in [6, 6.07) is 7.78. The molecule has 2 rings (SSSR count). The van der Waals surface area contributed by atoms with Gasteiger partial charge in [-0.1, -0.05) is 12.1 Å². The summed E-state index contributed by atoms with van der Waals surface area (Å²) in [5, 5.41) is 0. The lowest BCUT2D eigenvalue weighted by Gasteiger charge is -2.24. The second kappa shape index (κ2) is 7.82. The van der Waals surface area contributed by atoms with E-state index in [9.17, 15) is 9.59 Å². The van der Waals surface area contributed by atoms with E-state index in [0.29, 0.717) is 6.54 Å². The summed E-state index contributed by atoms with van der Waals surface area (Å²) in [4.78, 5) is 27.4. The predicted octanol–water partition coefficient (Wildman–Crippen LogP) is 1.71. The van der Waals surface area contributed by atoms with Crippen molar-refractivity contribution >= 4 is 11.8 Å². The van der Waals surface area contributed by atoms with Crippen LogP contribution in [0.5, 0.6) is 5.75 Å². The Labute approximate surface area is 131 Å². The van der Waals surface area contributed by atoms with Crippen molar-refractivity contribution < 1.29 is 14.3 Å². The van der Waals surface area contributed by atoms with Crippen molar-refractivity contribution in [3.8, 4) is 5.75 Å². The van der Waals surface area contributed by atoms with Crippen LogP contribution in [0.3, 0.4) is 0 Å². The van der Waals surface area contributed by atoms with Crippen LogP contribution in [0.1, 0.15) is 25.3 Å². The molecule has 0 bridgehead atoms. The lowest BCUT2D eigenvalue weighted by Crippen LogP contribution is -2.41. The maximum Gasteiger partial charge on any atom is 0.242 e. The lowest BCUT2D eigenvalue weighted by molar-refractivity contribution is -0.138. The fraction of sp³-hybridized carbons (Fsp3) is 0.529. The summed E-state index contributed by atoms with van der Waals surface area (Å²) in [6.45, 7) is 3.91. The molecule has 0 N–H and O–H groups in total. The third-order valence-electron chi connectivity index (χ3n) is 4.06. The molecule has 120 valence electrons. The van der Waals surface area contributed by atoms with Crippen molar-refractivity contribution in [1.82, 2.24) is 9.80 Å². The van der Waals surface area contributed by atoms with Gasteiger partial charge in [-0.25, -0.2) is 0 Å². The van der Waals surface area contributed by atoms with E-state index in [1.165, 1.54) is 6.92 Å². The molecule has 2 amide bonds. The molecule has 1 fully saturated rings. The molecule has 1 aliphatic heterocycles. The minimum absolute atomic E-state index is 0.0546. The second-order valence-electron chi connectivity index (χ2n) is 5.63. The highest BCUT2D eigenvalue weighted by Crippen LogP contribution is 2.12. The minimum atomic E-state index is -0.0546. The quantitative estimate of drug-likeness (QED) is 0.804. The number of hydrogen-bond acceptors (Lipinski definition) is 3. The van der Waals surface area contributed by atoms with Crippen LogP contribution < -0.4 is 4.74 Å². The molecule has 0 unspecified atom stereocenters. The molecule has 0 atom stereocenters. The molecule has 0 aliphatic carbocycles. The zero-order chi connectivity index (χ0) is 15.9. The van der Waals surface area contributed by atoms with Crippen molar-refractivity contribution in [2.75, 3.05) is 33.3 Å². The van der Waals surface area contributed by atoms with Gasteiger partial charge in [-0.05, 0) is 37.0 Å². The van der Waals surface area contributed by atoms with Gasteiger partial charge in [-0.3, -0.25) is 9.59 Å². The van der Waals surface area contributed by atoms with E-state index in [1.54, 1.807) is 12.0 Å². The van der Waals surface area contributed by atoms with Crippen LogP contribution in [0.15, 0.2) is 24.3 Å². The van der Waals surface area contributed by atoms with E-state index in [1.807, 2.05) is 29.2 Å². The first-order chi connectivity index (χ1) is 10.6. The Bertz CT molecular complexity index is 507. The Morgan fingerprint density at radius 1 is 1.18 bits per heavy atom. The Balaban J connectivity index is 1.87. The van der Waals surface area contributed by atoms with Gasteiger partial charge in [0, 0.05) is 26.6 Å². The van der Waals surface area contributed by atoms with Crippen molar-refractivity contribution in [1.29, 1.82) is 0 Å². The van der Waals surface area contributed by atoms with E-state index >= 15 is 0 Å². The standard InChI is InChI=1S/C17H24N2O3/c1-14(20)19(13-17(21)18-10-3-4-11-18)12-9-15-5-7-16(22-2)8-6-15/h5-8H,3-4,9-13H2,1-2H3. The maximum atomic E-state index is 12.2. The molecule has 0 radical (unpaired) electrons. The van der Waals surface area contributed by atoms with E-state index in [2.05, 4.69) is 0 Å². The van der Waals surface area contributed by atoms with Crippen molar-refractivity contribution in [3.63, 3.8) is 0 Å². The number of carbonyl (C=O) groups is 2. The van der Waals surface area contributed by atoms with Crippen LogP contribution in [-0.4, -0.2) is 54.9 Å². The number of methoxy groups -OCH3 is 1. The van der Waals surface area contributed by atoms with Crippen LogP contribution in [0.4, 0.5) is 0 Å². The van der Waals surface area contributed by atoms with Gasteiger partial charge in [-0.15, -0.1) is 0 Å². The van der Waals surface area contributed by atoms with Gasteiger partial charge in [0.05, 0.1) is 13.7 Å². The molecule has 0 spiro atoms. The van der Waals surface area contributed by atoms with Crippen LogP contribution >= 0.6 is 0 Å². The van der Waals surface area contributed by atoms with Crippen molar-refractivity contribution in [2.45, 2.75) is 26.2 Å². The third kappa shape index (κ3) is 4.48. The van der Waals surface area contributed by atoms with Gasteiger partial charge in [0.1, 0.15) is 5.75 Å². The highest BCUT2D eigenvalue weighted by Gasteiger charge is 2.21. The van der Waals surface area contributed by atoms with Gasteiger partial charge in [-0.2, -0.15) is 0 Å². The number of rotatable bonds is 6. The SMILES string of the molecule is COc1ccc(CCN(CC(=O)N2CCCC2)C(C)=O)cc1. The van der Waals surface area contributed by atoms with Crippen LogP contribution in [0, 0.1) is 0 Å². The van der Waals surface area contributed by atoms with Crippen molar-refractivity contribution in [2.24, 2.45) is 0 Å². The fourth-order valence-corrected chi connectivity index (χ4v) is 2.63. The monoisotopic (exact) mass is 304 g/mol. The molecule has 5 heteroatoms. The smallest absolute Gasteiger partial charge is 0.242 e. The number of ether oxygens (including phenoxy) is 1. The molecule has 1 aliphatic rings. The van der Waals surface area contributed by atoms with Crippen LogP contribution in [0.25, 0.3) is 0 Å². The highest BCUT2D eigenvalue weighted by atomic mass is 16.5. The topological polar surface area (TPSA) is 49.9 Å². The van der Waals surface area contributed by atoms with Crippen LogP contribution in [0.2, 0.25) is 0 Å². The number of benzene rings is 1. The zero-order valence-corrected chi connectivity index (χ0v) is 13.4. The molecule has 1 aromatic carbocycles. The molecular weight excluding hydrogens is 280 g/mol. The number of amides is 2. The zero-order valence-electron chi connectivity index (χ0n) is 13.4. The molecule has 0 saturated carbocycles. The average molecular weight is 304 g/mol. The summed E-state index contributed by atoms with van der Waals surface area (Å²) < 4.78 is 5.13. The molecular formula is C17H24N2O3. The third-order valence-corrected chi connectivity index (χ3v) is 4.06. The maximum absolute atomic E-state index is 12.2. The largest absolute Gasteiger partial charge is 0.497 e. The van der Waals surface area contributed by atoms with Crippen LogP contribution in [-0.2, 0) is 16.0 Å². The van der Waals surface area contributed by atoms with Gasteiger partial charge in [0.25, 0.3) is 0 Å². The molecule has 0 aromatic heterocycles. The van der Waals surface area contributed by atoms with E-state index in [-0.39, 0.29) is 18.4 Å². The number of carbonyl (C=O) groups excluding carboxylic acids is 2. The summed E-state index contributed by atoms with van der Waals surface area (Å²) in [5.41, 5.74) is 1.13. The first-order valence-electron chi connectivity index (χ1n) is 7.76. The number of nitrogens with zero attached hydrogens (tertiary/aromatic N) is 2. The van der Waals surface area contributed by atoms with Crippen molar-refractivity contribution in [3.05, 3.63) is 29.8 Å². The fourth-order valence-electron chi connectivity index (χ4n) is 2.63. The summed E-state index contributed by atoms with van der Waals surface area (Å²) in [6.07, 6.45) is 2.87. The molecule has 5 nitrogen and oxygen atoms in total. The summed E-state index contributed by atoms with van der Waals surface area (Å²) >= 11 is 0. The Morgan fingerprint density at radius 3 is 2.36 bits per heavy atom. The highest BCUT2D eigenvalue weighted by molar-refractivity contribution is 5.84. The molecule has 22 heavy (non-hydrogen) atoms. The van der Waals surface area contributed by atoms with Gasteiger partial charge < -0.3 is 14.5 Å². The average Bonchev–Trinajstić information content (AvgIpc) is 3.06. The number of likely N-dealkylation sites (tertiary alicyclic amines) is 1. The Kier molecular flexibility index (Phi) is 5.81. The van der Waals surface area contributed by atoms with E-state index in [4.69, 9.17) is 4.74 Å². The Morgan fingerprint density at radius 2 is 1.82 bits per heavy atom. The second-order valence-corrected chi connectivity index (χ2v) is 5.63. The molecule has 1 aromatic rings. The van der Waals surface area contributed by atoms with Gasteiger partial charge in [0.15, 0.2) is 0 Å². The first-order valence-corrected chi connectivity index (χ1v) is 7.76. The number of hydrogen-bond donors (Lipinski definition) is 0. The predicted molar refractivity (Wildman–Crippen MR) is 84.8 cm³/mol. The normalized spacial score (nSPS) is 14.0. The lowest BCUT2D eigenvalue weighted by atomic mass is 10.1. The summed E-state index contributed by atoms with van der Waals surface area (Å²) in [7, 11) is 1.64.